The van der Waals surface area contributed by atoms with Crippen LogP contribution in [0, 0.1) is 0 Å². The van der Waals surface area contributed by atoms with E-state index in [9.17, 15) is 9.90 Å². The fourth-order valence-electron chi connectivity index (χ4n) is 0.969. The molecule has 4 heteroatoms. The monoisotopic (exact) mass is 306 g/mol. The second-order valence-corrected chi connectivity index (χ2v) is 4.33. The first-order valence-electron chi connectivity index (χ1n) is 3.77. The molecular weight excluding hydrogens is 300 g/mol. The van der Waals surface area contributed by atoms with Crippen molar-refractivity contribution < 1.29 is 9.90 Å². The number of Topliss-reactive ketones (excluding diaryl/α,β-unsaturated/α-hetero) is 1. The number of halogens is 2. The van der Waals surface area contributed by atoms with Crippen molar-refractivity contribution in [2.75, 3.05) is 0 Å². The van der Waals surface area contributed by atoms with Crippen molar-refractivity contribution in [3.63, 3.8) is 0 Å². The van der Waals surface area contributed by atoms with Crippen LogP contribution in [-0.2, 0) is 0 Å². The summed E-state index contributed by atoms with van der Waals surface area (Å²) < 4.78 is 1.30. The summed E-state index contributed by atoms with van der Waals surface area (Å²) in [6.45, 7) is 1.76. The lowest BCUT2D eigenvalue weighted by atomic mass is 10.1. The average molecular weight is 308 g/mol. The van der Waals surface area contributed by atoms with Gasteiger partial charge >= 0.3 is 0 Å². The smallest absolute Gasteiger partial charge is 0.166 e. The van der Waals surface area contributed by atoms with Gasteiger partial charge < -0.3 is 5.11 Å². The largest absolute Gasteiger partial charge is 0.506 e. The standard InChI is InChI=1S/C9H8Br2O2/c1-2-8(12)6-3-5(10)4-7(11)9(6)13/h3-4,13H,2H2,1H3. The molecule has 1 rings (SSSR count). The first-order valence-corrected chi connectivity index (χ1v) is 5.36. The van der Waals surface area contributed by atoms with Crippen LogP contribution in [-0.4, -0.2) is 10.9 Å². The van der Waals surface area contributed by atoms with Gasteiger partial charge in [0.15, 0.2) is 5.78 Å². The van der Waals surface area contributed by atoms with Gasteiger partial charge in [0, 0.05) is 10.9 Å². The van der Waals surface area contributed by atoms with Gasteiger partial charge in [-0.15, -0.1) is 0 Å². The molecule has 0 fully saturated rings. The summed E-state index contributed by atoms with van der Waals surface area (Å²) in [5.74, 6) is -0.0606. The molecule has 0 saturated carbocycles. The summed E-state index contributed by atoms with van der Waals surface area (Å²) in [5.41, 5.74) is 0.351. The van der Waals surface area contributed by atoms with Crippen molar-refractivity contribution in [1.29, 1.82) is 0 Å². The van der Waals surface area contributed by atoms with Gasteiger partial charge in [-0.2, -0.15) is 0 Å². The third kappa shape index (κ3) is 2.31. The maximum absolute atomic E-state index is 11.3. The van der Waals surface area contributed by atoms with E-state index < -0.39 is 0 Å². The number of aromatic hydroxyl groups is 1. The third-order valence-corrected chi connectivity index (χ3v) is 2.71. The molecule has 0 saturated heterocycles. The molecule has 0 radical (unpaired) electrons. The highest BCUT2D eigenvalue weighted by Gasteiger charge is 2.12. The molecule has 0 heterocycles. The predicted octanol–water partition coefficient (Wildman–Crippen LogP) is 3.51. The molecule has 0 atom stereocenters. The topological polar surface area (TPSA) is 37.3 Å². The number of phenolic OH excluding ortho intramolecular Hbond substituents is 1. The molecule has 0 unspecified atom stereocenters. The molecule has 0 aliphatic heterocycles. The number of hydrogen-bond acceptors (Lipinski definition) is 2. The highest BCUT2D eigenvalue weighted by molar-refractivity contribution is 9.11. The SMILES string of the molecule is CCC(=O)c1cc(Br)cc(Br)c1O. The molecule has 0 amide bonds. The number of benzene rings is 1. The highest BCUT2D eigenvalue weighted by atomic mass is 79.9. The Balaban J connectivity index is 3.28. The van der Waals surface area contributed by atoms with Crippen molar-refractivity contribution in [3.05, 3.63) is 26.6 Å². The molecule has 0 aliphatic carbocycles. The summed E-state index contributed by atoms with van der Waals surface area (Å²) in [6, 6.07) is 3.31. The summed E-state index contributed by atoms with van der Waals surface area (Å²) in [6.07, 6.45) is 0.385. The number of rotatable bonds is 2. The Bertz CT molecular complexity index is 348. The summed E-state index contributed by atoms with van der Waals surface area (Å²) in [7, 11) is 0. The van der Waals surface area contributed by atoms with E-state index in [0.717, 1.165) is 4.47 Å². The average Bonchev–Trinajstić information content (AvgIpc) is 2.10. The summed E-state index contributed by atoms with van der Waals surface area (Å²) >= 11 is 6.41. The lowest BCUT2D eigenvalue weighted by molar-refractivity contribution is 0.0985. The van der Waals surface area contributed by atoms with Crippen molar-refractivity contribution in [2.45, 2.75) is 13.3 Å². The summed E-state index contributed by atoms with van der Waals surface area (Å²) in [4.78, 5) is 11.3. The van der Waals surface area contributed by atoms with Crippen LogP contribution in [0.15, 0.2) is 21.1 Å². The van der Waals surface area contributed by atoms with Crippen LogP contribution in [0.3, 0.4) is 0 Å². The van der Waals surface area contributed by atoms with Gasteiger partial charge in [0.1, 0.15) is 5.75 Å². The van der Waals surface area contributed by atoms with E-state index in [4.69, 9.17) is 0 Å². The minimum absolute atomic E-state index is 0.00931. The molecule has 0 spiro atoms. The van der Waals surface area contributed by atoms with Crippen molar-refractivity contribution in [2.24, 2.45) is 0 Å². The van der Waals surface area contributed by atoms with E-state index >= 15 is 0 Å². The summed E-state index contributed by atoms with van der Waals surface area (Å²) in [5, 5.41) is 9.53. The Kier molecular flexibility index (Phi) is 3.50. The highest BCUT2D eigenvalue weighted by Crippen LogP contribution is 2.32. The maximum atomic E-state index is 11.3. The van der Waals surface area contributed by atoms with Gasteiger partial charge in [0.05, 0.1) is 10.0 Å². The van der Waals surface area contributed by atoms with E-state index in [1.54, 1.807) is 19.1 Å². The van der Waals surface area contributed by atoms with E-state index in [0.29, 0.717) is 16.5 Å². The molecule has 0 bridgehead atoms. The Morgan fingerprint density at radius 3 is 2.62 bits per heavy atom. The molecule has 0 aromatic heterocycles. The number of hydrogen-bond donors (Lipinski definition) is 1. The van der Waals surface area contributed by atoms with Gasteiger partial charge in [-0.3, -0.25) is 4.79 Å². The Hall–Kier alpha value is -0.350. The molecule has 1 aromatic rings. The normalized spacial score (nSPS) is 10.1. The van der Waals surface area contributed by atoms with Gasteiger partial charge in [-0.05, 0) is 28.1 Å². The van der Waals surface area contributed by atoms with E-state index in [-0.39, 0.29) is 11.5 Å². The Labute approximate surface area is 93.2 Å². The third-order valence-electron chi connectivity index (χ3n) is 1.65. The van der Waals surface area contributed by atoms with E-state index in [1.807, 2.05) is 0 Å². The van der Waals surface area contributed by atoms with E-state index in [2.05, 4.69) is 31.9 Å². The molecule has 0 aliphatic rings. The van der Waals surface area contributed by atoms with Crippen LogP contribution >= 0.6 is 31.9 Å². The minimum atomic E-state index is -0.0699. The second kappa shape index (κ2) is 4.24. The van der Waals surface area contributed by atoms with Crippen molar-refractivity contribution in [1.82, 2.24) is 0 Å². The quantitative estimate of drug-likeness (QED) is 0.849. The lowest BCUT2D eigenvalue weighted by Crippen LogP contribution is -1.97. The van der Waals surface area contributed by atoms with Crippen LogP contribution in [0.25, 0.3) is 0 Å². The predicted molar refractivity (Wildman–Crippen MR) is 58.1 cm³/mol. The fourth-order valence-corrected chi connectivity index (χ4v) is 2.19. The van der Waals surface area contributed by atoms with Crippen LogP contribution in [0.2, 0.25) is 0 Å². The van der Waals surface area contributed by atoms with Gasteiger partial charge in [-0.1, -0.05) is 22.9 Å². The zero-order valence-corrected chi connectivity index (χ0v) is 10.1. The molecule has 1 N–H and O–H groups in total. The van der Waals surface area contributed by atoms with Gasteiger partial charge in [-0.25, -0.2) is 0 Å². The minimum Gasteiger partial charge on any atom is -0.506 e. The molecule has 70 valence electrons. The zero-order valence-electron chi connectivity index (χ0n) is 6.97. The maximum Gasteiger partial charge on any atom is 0.166 e. The number of carbonyl (C=O) groups is 1. The number of ketones is 1. The molecular formula is C9H8Br2O2. The number of phenols is 1. The molecule has 1 aromatic carbocycles. The lowest BCUT2D eigenvalue weighted by Gasteiger charge is -2.04. The van der Waals surface area contributed by atoms with Crippen molar-refractivity contribution in [3.8, 4) is 5.75 Å². The Morgan fingerprint density at radius 1 is 1.46 bits per heavy atom. The second-order valence-electron chi connectivity index (χ2n) is 2.56. The van der Waals surface area contributed by atoms with E-state index in [1.165, 1.54) is 0 Å². The van der Waals surface area contributed by atoms with Crippen LogP contribution in [0.4, 0.5) is 0 Å². The van der Waals surface area contributed by atoms with Crippen LogP contribution < -0.4 is 0 Å². The molecule has 13 heavy (non-hydrogen) atoms. The van der Waals surface area contributed by atoms with Crippen molar-refractivity contribution >= 4 is 37.6 Å². The van der Waals surface area contributed by atoms with Gasteiger partial charge in [0.2, 0.25) is 0 Å². The Morgan fingerprint density at radius 2 is 2.08 bits per heavy atom. The fraction of sp³-hybridized carbons (Fsp3) is 0.222. The first kappa shape index (κ1) is 10.7. The van der Waals surface area contributed by atoms with Crippen LogP contribution in [0.1, 0.15) is 23.7 Å². The molecule has 2 nitrogen and oxygen atoms in total. The first-order chi connectivity index (χ1) is 6.06. The number of carbonyl (C=O) groups excluding carboxylic acids is 1. The van der Waals surface area contributed by atoms with Gasteiger partial charge in [0.25, 0.3) is 0 Å². The van der Waals surface area contributed by atoms with Crippen LogP contribution in [0.5, 0.6) is 5.75 Å². The zero-order chi connectivity index (χ0) is 10.0.